The smallest absolute Gasteiger partial charge is 0.252 e. The summed E-state index contributed by atoms with van der Waals surface area (Å²) in [6.45, 7) is 5.13. The SMILES string of the molecule is CCCS(=O)(=O)c1ccccc1C(=O)NCc1ccccc1COCC. The second-order valence-electron chi connectivity index (χ2n) is 5.90. The number of nitrogens with one attached hydrogen (secondary N) is 1. The van der Waals surface area contributed by atoms with Gasteiger partial charge in [0.05, 0.1) is 22.8 Å². The Morgan fingerprint density at radius 3 is 2.35 bits per heavy atom. The van der Waals surface area contributed by atoms with Crippen LogP contribution in [-0.2, 0) is 27.7 Å². The first-order chi connectivity index (χ1) is 12.5. The third-order valence-corrected chi connectivity index (χ3v) is 5.93. The summed E-state index contributed by atoms with van der Waals surface area (Å²) >= 11 is 0. The maximum Gasteiger partial charge on any atom is 0.252 e. The van der Waals surface area contributed by atoms with Crippen LogP contribution in [0, 0.1) is 0 Å². The number of rotatable bonds is 9. The van der Waals surface area contributed by atoms with Gasteiger partial charge in [-0.15, -0.1) is 0 Å². The average Bonchev–Trinajstić information content (AvgIpc) is 2.65. The van der Waals surface area contributed by atoms with Crippen molar-refractivity contribution in [2.24, 2.45) is 0 Å². The third-order valence-electron chi connectivity index (χ3n) is 3.96. The number of carbonyl (C=O) groups is 1. The van der Waals surface area contributed by atoms with Crippen LogP contribution in [0.4, 0.5) is 0 Å². The van der Waals surface area contributed by atoms with E-state index in [9.17, 15) is 13.2 Å². The molecule has 140 valence electrons. The molecule has 0 atom stereocenters. The van der Waals surface area contributed by atoms with Crippen molar-refractivity contribution in [2.45, 2.75) is 38.3 Å². The minimum Gasteiger partial charge on any atom is -0.377 e. The normalized spacial score (nSPS) is 11.3. The van der Waals surface area contributed by atoms with Crippen LogP contribution in [0.1, 0.15) is 41.8 Å². The van der Waals surface area contributed by atoms with Gasteiger partial charge in [-0.2, -0.15) is 0 Å². The minimum atomic E-state index is -3.47. The second-order valence-corrected chi connectivity index (χ2v) is 7.98. The summed E-state index contributed by atoms with van der Waals surface area (Å²) in [6.07, 6.45) is 0.503. The molecule has 0 aliphatic heterocycles. The number of hydrogen-bond acceptors (Lipinski definition) is 4. The van der Waals surface area contributed by atoms with E-state index in [1.807, 2.05) is 31.2 Å². The quantitative estimate of drug-likeness (QED) is 0.730. The van der Waals surface area contributed by atoms with Gasteiger partial charge in [-0.25, -0.2) is 8.42 Å². The number of carbonyl (C=O) groups excluding carboxylic acids is 1. The minimum absolute atomic E-state index is 0.0223. The van der Waals surface area contributed by atoms with Crippen molar-refractivity contribution >= 4 is 15.7 Å². The van der Waals surface area contributed by atoms with Crippen molar-refractivity contribution in [3.05, 3.63) is 65.2 Å². The third kappa shape index (κ3) is 5.16. The van der Waals surface area contributed by atoms with E-state index in [1.165, 1.54) is 6.07 Å². The van der Waals surface area contributed by atoms with Gasteiger partial charge in [-0.1, -0.05) is 43.3 Å². The highest BCUT2D eigenvalue weighted by Gasteiger charge is 2.21. The maximum absolute atomic E-state index is 12.6. The number of amides is 1. The summed E-state index contributed by atoms with van der Waals surface area (Å²) in [5.74, 6) is -0.374. The van der Waals surface area contributed by atoms with Gasteiger partial charge in [0, 0.05) is 13.2 Å². The fourth-order valence-corrected chi connectivity index (χ4v) is 4.20. The molecule has 26 heavy (non-hydrogen) atoms. The molecule has 2 aromatic rings. The summed E-state index contributed by atoms with van der Waals surface area (Å²) in [4.78, 5) is 12.7. The molecule has 0 aromatic heterocycles. The Kier molecular flexibility index (Phi) is 7.36. The van der Waals surface area contributed by atoms with E-state index in [2.05, 4.69) is 5.32 Å². The molecular formula is C20H25NO4S. The van der Waals surface area contributed by atoms with E-state index in [0.717, 1.165) is 11.1 Å². The molecule has 0 fully saturated rings. The molecule has 1 amide bonds. The van der Waals surface area contributed by atoms with Crippen LogP contribution in [-0.4, -0.2) is 26.7 Å². The molecule has 0 bridgehead atoms. The lowest BCUT2D eigenvalue weighted by Crippen LogP contribution is -2.25. The van der Waals surface area contributed by atoms with Gasteiger partial charge in [0.1, 0.15) is 0 Å². The molecule has 0 unspecified atom stereocenters. The van der Waals surface area contributed by atoms with E-state index in [1.54, 1.807) is 25.1 Å². The van der Waals surface area contributed by atoms with Gasteiger partial charge in [-0.05, 0) is 36.6 Å². The molecule has 0 aliphatic rings. The lowest BCUT2D eigenvalue weighted by Gasteiger charge is -2.13. The van der Waals surface area contributed by atoms with Crippen LogP contribution in [0.3, 0.4) is 0 Å². The monoisotopic (exact) mass is 375 g/mol. The zero-order valence-corrected chi connectivity index (χ0v) is 16.0. The van der Waals surface area contributed by atoms with Gasteiger partial charge in [0.25, 0.3) is 5.91 Å². The van der Waals surface area contributed by atoms with Crippen LogP contribution in [0.25, 0.3) is 0 Å². The maximum atomic E-state index is 12.6. The Labute approximate surface area is 155 Å². The van der Waals surface area contributed by atoms with Crippen molar-refractivity contribution in [2.75, 3.05) is 12.4 Å². The van der Waals surface area contributed by atoms with Crippen molar-refractivity contribution in [3.63, 3.8) is 0 Å². The molecule has 0 saturated heterocycles. The summed E-state index contributed by atoms with van der Waals surface area (Å²) in [5, 5.41) is 2.83. The highest BCUT2D eigenvalue weighted by Crippen LogP contribution is 2.18. The zero-order chi connectivity index (χ0) is 19.0. The van der Waals surface area contributed by atoms with Crippen LogP contribution < -0.4 is 5.32 Å². The Bertz CT molecular complexity index is 846. The van der Waals surface area contributed by atoms with Gasteiger partial charge in [-0.3, -0.25) is 4.79 Å². The highest BCUT2D eigenvalue weighted by atomic mass is 32.2. The molecule has 0 radical (unpaired) electrons. The number of ether oxygens (including phenoxy) is 1. The largest absolute Gasteiger partial charge is 0.377 e. The van der Waals surface area contributed by atoms with Crippen molar-refractivity contribution in [1.82, 2.24) is 5.32 Å². The van der Waals surface area contributed by atoms with Crippen LogP contribution >= 0.6 is 0 Å². The van der Waals surface area contributed by atoms with Crippen LogP contribution in [0.15, 0.2) is 53.4 Å². The van der Waals surface area contributed by atoms with E-state index >= 15 is 0 Å². The Balaban J connectivity index is 2.17. The van der Waals surface area contributed by atoms with E-state index < -0.39 is 15.7 Å². The van der Waals surface area contributed by atoms with E-state index in [-0.39, 0.29) is 16.2 Å². The summed E-state index contributed by atoms with van der Waals surface area (Å²) < 4.78 is 30.3. The van der Waals surface area contributed by atoms with Crippen molar-refractivity contribution in [3.8, 4) is 0 Å². The van der Waals surface area contributed by atoms with E-state index in [0.29, 0.717) is 26.2 Å². The van der Waals surface area contributed by atoms with Gasteiger partial charge in [0.15, 0.2) is 9.84 Å². The summed E-state index contributed by atoms with van der Waals surface area (Å²) in [6, 6.07) is 14.0. The molecular weight excluding hydrogens is 350 g/mol. The first-order valence-electron chi connectivity index (χ1n) is 8.74. The molecule has 2 rings (SSSR count). The molecule has 2 aromatic carbocycles. The first-order valence-corrected chi connectivity index (χ1v) is 10.4. The number of benzene rings is 2. The van der Waals surface area contributed by atoms with E-state index in [4.69, 9.17) is 4.74 Å². The topological polar surface area (TPSA) is 72.5 Å². The zero-order valence-electron chi connectivity index (χ0n) is 15.2. The Hall–Kier alpha value is -2.18. The summed E-state index contributed by atoms with van der Waals surface area (Å²) in [5.41, 5.74) is 2.13. The number of sulfone groups is 1. The van der Waals surface area contributed by atoms with Gasteiger partial charge < -0.3 is 10.1 Å². The molecule has 0 aliphatic carbocycles. The lowest BCUT2D eigenvalue weighted by molar-refractivity contribution is 0.0946. The molecule has 5 nitrogen and oxygen atoms in total. The molecule has 6 heteroatoms. The summed E-state index contributed by atoms with van der Waals surface area (Å²) in [7, 11) is -3.47. The van der Waals surface area contributed by atoms with Crippen molar-refractivity contribution in [1.29, 1.82) is 0 Å². The molecule has 1 N–H and O–H groups in total. The average molecular weight is 375 g/mol. The Morgan fingerprint density at radius 2 is 1.65 bits per heavy atom. The highest BCUT2D eigenvalue weighted by molar-refractivity contribution is 7.91. The van der Waals surface area contributed by atoms with Crippen LogP contribution in [0.5, 0.6) is 0 Å². The predicted molar refractivity (Wildman–Crippen MR) is 102 cm³/mol. The molecule has 0 spiro atoms. The van der Waals surface area contributed by atoms with Gasteiger partial charge >= 0.3 is 0 Å². The fraction of sp³-hybridized carbons (Fsp3) is 0.350. The molecule has 0 heterocycles. The molecule has 0 saturated carbocycles. The second kappa shape index (κ2) is 9.50. The first kappa shape index (κ1) is 20.1. The Morgan fingerprint density at radius 1 is 1.00 bits per heavy atom. The standard InChI is InChI=1S/C20H25NO4S/c1-3-13-26(23,24)19-12-8-7-11-18(19)20(22)21-14-16-9-5-6-10-17(16)15-25-4-2/h5-12H,3-4,13-15H2,1-2H3,(H,21,22). The van der Waals surface area contributed by atoms with Crippen LogP contribution in [0.2, 0.25) is 0 Å². The van der Waals surface area contributed by atoms with Gasteiger partial charge in [0.2, 0.25) is 0 Å². The fourth-order valence-electron chi connectivity index (χ4n) is 2.66. The predicted octanol–water partition coefficient (Wildman–Crippen LogP) is 3.34. The lowest BCUT2D eigenvalue weighted by atomic mass is 10.1. The number of hydrogen-bond donors (Lipinski definition) is 1. The van der Waals surface area contributed by atoms with Crippen molar-refractivity contribution < 1.29 is 17.9 Å².